The molecule has 15 rings (SSSR count). The highest BCUT2D eigenvalue weighted by atomic mass is 19.1. The van der Waals surface area contributed by atoms with Gasteiger partial charge in [-0.1, -0.05) is 18.2 Å². The van der Waals surface area contributed by atoms with E-state index < -0.39 is 54.9 Å². The van der Waals surface area contributed by atoms with Crippen LogP contribution in [0.1, 0.15) is 93.0 Å². The molecule has 6 aliphatic rings. The van der Waals surface area contributed by atoms with Crippen molar-refractivity contribution in [2.75, 3.05) is 19.6 Å². The summed E-state index contributed by atoms with van der Waals surface area (Å²) in [4.78, 5) is 13.5. The maximum Gasteiger partial charge on any atom is 0.140 e. The molecule has 0 spiro atoms. The van der Waals surface area contributed by atoms with Crippen molar-refractivity contribution in [1.82, 2.24) is 44.6 Å². The number of hydrogen-bond acceptors (Lipinski definition) is 15. The fourth-order valence-corrected chi connectivity index (χ4v) is 14.0. The summed E-state index contributed by atoms with van der Waals surface area (Å²) in [6.45, 7) is 12.9. The van der Waals surface area contributed by atoms with Crippen LogP contribution in [-0.4, -0.2) is 134 Å². The molecule has 3 aliphatic heterocycles. The third kappa shape index (κ3) is 10.8. The average Bonchev–Trinajstić information content (AvgIpc) is 2.07. The molecule has 6 aromatic heterocycles. The maximum atomic E-state index is 14.1. The molecule has 9 aromatic rings. The largest absolute Gasteiger partial charge is 0.487 e. The van der Waals surface area contributed by atoms with Crippen LogP contribution < -0.4 is 30.2 Å². The number of pyridine rings is 3. The first-order chi connectivity index (χ1) is 41.7. The SMILES string of the molecule is Cc1cc2c(c(OC3CC(n4ccc5c(C)ccnc54)[C@H](O)[C@@H]3O)c1)CNCC2.Cc1ccnc2c1ccn2C1CC(Oc2ccc(F)c3c2CNCC3)[C@@H](O)[C@H]1O.Cc1ccnc2c1ccn2C1CC(Oc2cccc3c2CCNC3)[C@@H](O)[C@H]1O. The number of halogens is 1. The summed E-state index contributed by atoms with van der Waals surface area (Å²) in [5.74, 6) is 1.98. The minimum absolute atomic E-state index is 0.223. The van der Waals surface area contributed by atoms with Crippen molar-refractivity contribution in [3.8, 4) is 17.2 Å². The number of aromatic nitrogens is 6. The number of benzene rings is 3. The highest BCUT2D eigenvalue weighted by molar-refractivity contribution is 5.81. The van der Waals surface area contributed by atoms with E-state index in [0.29, 0.717) is 43.5 Å². The minimum atomic E-state index is -1.04. The Kier molecular flexibility index (Phi) is 16.2. The fourth-order valence-electron chi connectivity index (χ4n) is 14.0. The lowest BCUT2D eigenvalue weighted by Crippen LogP contribution is -2.35. The van der Waals surface area contributed by atoms with E-state index in [1.54, 1.807) is 24.7 Å². The summed E-state index contributed by atoms with van der Waals surface area (Å²) < 4.78 is 38.7. The number of rotatable bonds is 9. The fraction of sp³-hybridized carbons (Fsp3) is 0.418. The first kappa shape index (κ1) is 57.8. The Balaban J connectivity index is 0.000000120. The van der Waals surface area contributed by atoms with E-state index in [1.807, 2.05) is 101 Å². The van der Waals surface area contributed by atoms with E-state index in [4.69, 9.17) is 14.2 Å². The van der Waals surface area contributed by atoms with Crippen molar-refractivity contribution in [2.24, 2.45) is 0 Å². The van der Waals surface area contributed by atoms with Gasteiger partial charge in [-0.2, -0.15) is 0 Å². The van der Waals surface area contributed by atoms with Gasteiger partial charge in [0.25, 0.3) is 0 Å². The van der Waals surface area contributed by atoms with Gasteiger partial charge in [0, 0.05) is 103 Å². The Bertz CT molecular complexity index is 3940. The third-order valence-electron chi connectivity index (χ3n) is 18.8. The number of aryl methyl sites for hydroxylation is 4. The second-order valence-corrected chi connectivity index (χ2v) is 24.2. The number of aliphatic hydroxyl groups is 6. The van der Waals surface area contributed by atoms with Gasteiger partial charge in [0.15, 0.2) is 0 Å². The van der Waals surface area contributed by atoms with E-state index in [-0.39, 0.29) is 23.9 Å². The van der Waals surface area contributed by atoms with Gasteiger partial charge in [-0.3, -0.25) is 0 Å². The highest BCUT2D eigenvalue weighted by Gasteiger charge is 2.47. The van der Waals surface area contributed by atoms with Crippen LogP contribution in [0.25, 0.3) is 33.1 Å². The quantitative estimate of drug-likeness (QED) is 0.0726. The molecule has 3 aliphatic carbocycles. The van der Waals surface area contributed by atoms with Gasteiger partial charge in [-0.05, 0) is 172 Å². The van der Waals surface area contributed by atoms with Crippen LogP contribution in [0, 0.1) is 33.5 Å². The van der Waals surface area contributed by atoms with E-state index in [1.165, 1.54) is 22.8 Å². The summed E-state index contributed by atoms with van der Waals surface area (Å²) >= 11 is 0. The zero-order valence-electron chi connectivity index (χ0n) is 48.9. The Labute approximate surface area is 498 Å². The number of nitrogens with zero attached hydrogens (tertiary/aromatic N) is 6. The van der Waals surface area contributed by atoms with Crippen LogP contribution in [0.3, 0.4) is 0 Å². The van der Waals surface area contributed by atoms with Crippen molar-refractivity contribution in [1.29, 1.82) is 0 Å². The molecule has 12 atom stereocenters. The predicted molar refractivity (Wildman–Crippen MR) is 324 cm³/mol. The molecule has 0 bridgehead atoms. The molecule has 0 amide bonds. The highest BCUT2D eigenvalue weighted by Crippen LogP contribution is 2.42. The first-order valence-electron chi connectivity index (χ1n) is 30.2. The van der Waals surface area contributed by atoms with Crippen molar-refractivity contribution in [2.45, 2.75) is 159 Å². The standard InChI is InChI=1S/C23H27N3O3.C22H24FN3O3.C22H25N3O3/c1-13-9-15-4-6-24-12-17(15)19(10-13)29-20-11-18(21(27)22(20)28)26-8-5-16-14(2)3-7-25-23(16)26;1-12-4-8-25-22-13(12)6-9-26(22)17-10-19(21(28)20(17)27)29-18-3-2-16(23)14-5-7-24-11-15(14)18;1-13-5-9-24-22-15(13)7-10-25(22)17-11-19(21(27)20(17)26)28-18-4-2-3-14-12-23-8-6-16(14)18/h3,5,7-10,18,20-22,24,27-28H,4,6,11-12H2,1-2H3;2-4,6,8-9,17,19-21,24,27-28H,5,7,10-11H2,1H3;2-5,7,9-10,17,19-21,23,26-27H,6,8,11-12H2,1H3/t18?,20?,21-,22+;2*17?,19?,20-,21+/m000/s1. The zero-order chi connectivity index (χ0) is 59.5. The van der Waals surface area contributed by atoms with Gasteiger partial charge in [0.1, 0.15) is 94.9 Å². The van der Waals surface area contributed by atoms with Crippen LogP contribution in [-0.2, 0) is 38.9 Å². The molecule has 9 heterocycles. The summed E-state index contributed by atoms with van der Waals surface area (Å²) in [5, 5.41) is 77.6. The molecule has 0 radical (unpaired) electrons. The average molecular weight is 1170 g/mol. The smallest absolute Gasteiger partial charge is 0.140 e. The van der Waals surface area contributed by atoms with Crippen LogP contribution in [0.2, 0.25) is 0 Å². The summed E-state index contributed by atoms with van der Waals surface area (Å²) in [6, 6.07) is 24.4. The van der Waals surface area contributed by atoms with E-state index in [2.05, 4.69) is 56.9 Å². The van der Waals surface area contributed by atoms with Gasteiger partial charge < -0.3 is 74.5 Å². The molecule has 6 unspecified atom stereocenters. The number of fused-ring (bicyclic) bond motifs is 6. The van der Waals surface area contributed by atoms with Crippen molar-refractivity contribution < 1.29 is 49.2 Å². The molecule has 9 N–H and O–H groups in total. The summed E-state index contributed by atoms with van der Waals surface area (Å²) in [7, 11) is 0. The zero-order valence-corrected chi connectivity index (χ0v) is 48.9. The molecule has 3 fully saturated rings. The normalized spacial score (nSPS) is 26.8. The number of aliphatic hydroxyl groups excluding tert-OH is 6. The van der Waals surface area contributed by atoms with Gasteiger partial charge >= 0.3 is 0 Å². The third-order valence-corrected chi connectivity index (χ3v) is 18.8. The van der Waals surface area contributed by atoms with Crippen LogP contribution in [0.15, 0.2) is 116 Å². The number of nitrogens with one attached hydrogen (secondary N) is 3. The van der Waals surface area contributed by atoms with Crippen LogP contribution >= 0.6 is 0 Å². The van der Waals surface area contributed by atoms with Gasteiger partial charge in [-0.25, -0.2) is 19.3 Å². The minimum Gasteiger partial charge on any atom is -0.487 e. The number of hydrogen-bond donors (Lipinski definition) is 9. The maximum absolute atomic E-state index is 14.1. The molecule has 18 nitrogen and oxygen atoms in total. The summed E-state index contributed by atoms with van der Waals surface area (Å²) in [5.41, 5.74) is 13.4. The lowest BCUT2D eigenvalue weighted by molar-refractivity contribution is -0.0166. The second-order valence-electron chi connectivity index (χ2n) is 24.2. The second kappa shape index (κ2) is 24.1. The van der Waals surface area contributed by atoms with E-state index in [0.717, 1.165) is 124 Å². The Morgan fingerprint density at radius 1 is 0.442 bits per heavy atom. The molecule has 3 saturated carbocycles. The predicted octanol–water partition coefficient (Wildman–Crippen LogP) is 6.76. The van der Waals surface area contributed by atoms with Crippen LogP contribution in [0.4, 0.5) is 4.39 Å². The van der Waals surface area contributed by atoms with Crippen molar-refractivity contribution in [3.05, 3.63) is 177 Å². The molecular weight excluding hydrogens is 1090 g/mol. The summed E-state index contributed by atoms with van der Waals surface area (Å²) in [6.07, 6.45) is 7.87. The molecular formula is C67H76FN9O9. The lowest BCUT2D eigenvalue weighted by Gasteiger charge is -2.25. The van der Waals surface area contributed by atoms with Gasteiger partial charge in [-0.15, -0.1) is 0 Å². The molecule has 450 valence electrons. The van der Waals surface area contributed by atoms with Gasteiger partial charge in [0.05, 0.1) is 18.1 Å². The lowest BCUT2D eigenvalue weighted by atomic mass is 9.97. The monoisotopic (exact) mass is 1170 g/mol. The van der Waals surface area contributed by atoms with E-state index in [9.17, 15) is 35.0 Å². The molecule has 3 aromatic carbocycles. The number of ether oxygens (including phenoxy) is 3. The first-order valence-corrected chi connectivity index (χ1v) is 30.2. The van der Waals surface area contributed by atoms with Gasteiger partial charge in [0.2, 0.25) is 0 Å². The van der Waals surface area contributed by atoms with E-state index >= 15 is 0 Å². The topological polar surface area (TPSA) is 239 Å². The Morgan fingerprint density at radius 3 is 1.40 bits per heavy atom. The van der Waals surface area contributed by atoms with Crippen molar-refractivity contribution >= 4 is 33.1 Å². The van der Waals surface area contributed by atoms with Crippen molar-refractivity contribution in [3.63, 3.8) is 0 Å². The van der Waals surface area contributed by atoms with Crippen LogP contribution in [0.5, 0.6) is 17.2 Å². The molecule has 86 heavy (non-hydrogen) atoms. The Morgan fingerprint density at radius 2 is 0.884 bits per heavy atom. The Hall–Kier alpha value is -7.30. The molecule has 0 saturated heterocycles. The molecule has 19 heteroatoms.